The summed E-state index contributed by atoms with van der Waals surface area (Å²) in [6.45, 7) is 0.0662. The third-order valence-corrected chi connectivity index (χ3v) is 4.57. The summed E-state index contributed by atoms with van der Waals surface area (Å²) < 4.78 is 58.9. The molecule has 1 heterocycles. The molecule has 1 aliphatic heterocycles. The first-order chi connectivity index (χ1) is 6.27. The van der Waals surface area contributed by atoms with Crippen LogP contribution in [-0.2, 0) is 10.0 Å². The molecule has 0 unspecified atom stereocenters. The molecule has 0 atom stereocenters. The lowest BCUT2D eigenvalue weighted by molar-refractivity contribution is -0.0484. The van der Waals surface area contributed by atoms with Gasteiger partial charge in [-0.15, -0.1) is 0 Å². The molecule has 82 valence electrons. The highest BCUT2D eigenvalue weighted by molar-refractivity contribution is 7.90. The minimum atomic E-state index is -5.15. The van der Waals surface area contributed by atoms with E-state index in [2.05, 4.69) is 0 Å². The van der Waals surface area contributed by atoms with Gasteiger partial charge in [-0.3, -0.25) is 0 Å². The van der Waals surface area contributed by atoms with Crippen LogP contribution in [0.15, 0.2) is 0 Å². The van der Waals surface area contributed by atoms with Crippen LogP contribution in [0, 0.1) is 5.41 Å². The molecule has 2 aliphatic rings. The fourth-order valence-electron chi connectivity index (χ4n) is 1.83. The van der Waals surface area contributed by atoms with Crippen LogP contribution in [0.3, 0.4) is 0 Å². The average Bonchev–Trinajstić information content (AvgIpc) is 2.58. The molecule has 1 saturated carbocycles. The first kappa shape index (κ1) is 10.2. The molecule has 2 fully saturated rings. The van der Waals surface area contributed by atoms with E-state index in [1.54, 1.807) is 0 Å². The van der Waals surface area contributed by atoms with Crippen molar-refractivity contribution < 1.29 is 21.6 Å². The van der Waals surface area contributed by atoms with E-state index in [-0.39, 0.29) is 18.5 Å². The van der Waals surface area contributed by atoms with E-state index >= 15 is 0 Å². The monoisotopic (exact) mass is 229 g/mol. The summed E-state index contributed by atoms with van der Waals surface area (Å²) >= 11 is 0. The van der Waals surface area contributed by atoms with Gasteiger partial charge in [0.15, 0.2) is 0 Å². The van der Waals surface area contributed by atoms with Gasteiger partial charge in [0.1, 0.15) is 0 Å². The number of rotatable bonds is 1. The summed E-state index contributed by atoms with van der Waals surface area (Å²) in [5.41, 5.74) is -5.26. The van der Waals surface area contributed by atoms with E-state index < -0.39 is 15.5 Å². The minimum absolute atomic E-state index is 0.0157. The number of halogens is 3. The second-order valence-corrected chi connectivity index (χ2v) is 5.96. The summed E-state index contributed by atoms with van der Waals surface area (Å²) in [5.74, 6) is 0. The molecule has 1 spiro atoms. The minimum Gasteiger partial charge on any atom is -0.203 e. The zero-order valence-corrected chi connectivity index (χ0v) is 8.16. The molecule has 3 nitrogen and oxygen atoms in total. The number of sulfonamides is 1. The normalized spacial score (nSPS) is 27.1. The van der Waals surface area contributed by atoms with Crippen LogP contribution in [0.4, 0.5) is 13.2 Å². The molecule has 0 aromatic rings. The third kappa shape index (κ3) is 1.42. The first-order valence-corrected chi connectivity index (χ1v) is 5.77. The van der Waals surface area contributed by atoms with Gasteiger partial charge in [0.05, 0.1) is 0 Å². The molecule has 0 N–H and O–H groups in total. The summed E-state index contributed by atoms with van der Waals surface area (Å²) in [6, 6.07) is 0. The van der Waals surface area contributed by atoms with E-state index in [0.29, 0.717) is 10.7 Å². The van der Waals surface area contributed by atoms with E-state index in [0.717, 1.165) is 12.8 Å². The van der Waals surface area contributed by atoms with E-state index in [9.17, 15) is 21.6 Å². The maximum absolute atomic E-state index is 12.1. The Morgan fingerprint density at radius 2 is 1.71 bits per heavy atom. The zero-order valence-electron chi connectivity index (χ0n) is 7.34. The van der Waals surface area contributed by atoms with Crippen LogP contribution in [0.25, 0.3) is 0 Å². The third-order valence-electron chi connectivity index (χ3n) is 2.99. The Hall–Kier alpha value is -0.300. The molecule has 0 radical (unpaired) electrons. The summed E-state index contributed by atoms with van der Waals surface area (Å²) in [4.78, 5) is 0. The standard InChI is InChI=1S/C7H10F3NO2S/c8-7(9,10)14(12,13)11-4-3-6(5-11)1-2-6/h1-5H2. The molecular formula is C7H10F3NO2S. The lowest BCUT2D eigenvalue weighted by Gasteiger charge is -2.17. The Labute approximate surface area is 79.9 Å². The molecule has 1 saturated heterocycles. The van der Waals surface area contributed by atoms with Crippen molar-refractivity contribution in [1.82, 2.24) is 4.31 Å². The van der Waals surface area contributed by atoms with Crippen molar-refractivity contribution in [2.24, 2.45) is 5.41 Å². The molecule has 0 amide bonds. The highest BCUT2D eigenvalue weighted by Crippen LogP contribution is 2.53. The van der Waals surface area contributed by atoms with Gasteiger partial charge in [0.25, 0.3) is 0 Å². The van der Waals surface area contributed by atoms with Gasteiger partial charge >= 0.3 is 15.5 Å². The molecule has 0 aromatic heterocycles. The molecular weight excluding hydrogens is 219 g/mol. The predicted octanol–water partition coefficient (Wildman–Crippen LogP) is 1.32. The predicted molar refractivity (Wildman–Crippen MR) is 42.8 cm³/mol. The Balaban J connectivity index is 2.17. The molecule has 0 bridgehead atoms. The van der Waals surface area contributed by atoms with Crippen LogP contribution in [0.2, 0.25) is 0 Å². The fraction of sp³-hybridized carbons (Fsp3) is 1.00. The van der Waals surface area contributed by atoms with Gasteiger partial charge < -0.3 is 0 Å². The largest absolute Gasteiger partial charge is 0.511 e. The van der Waals surface area contributed by atoms with Crippen LogP contribution in [-0.4, -0.2) is 31.3 Å². The second-order valence-electron chi connectivity index (χ2n) is 4.03. The Morgan fingerprint density at radius 3 is 2.07 bits per heavy atom. The van der Waals surface area contributed by atoms with E-state index in [1.165, 1.54) is 0 Å². The Bertz CT molecular complexity index is 344. The number of alkyl halides is 3. The number of nitrogens with zero attached hydrogens (tertiary/aromatic N) is 1. The van der Waals surface area contributed by atoms with Crippen molar-refractivity contribution in [3.05, 3.63) is 0 Å². The highest BCUT2D eigenvalue weighted by Gasteiger charge is 2.57. The topological polar surface area (TPSA) is 37.4 Å². The van der Waals surface area contributed by atoms with Crippen molar-refractivity contribution in [1.29, 1.82) is 0 Å². The SMILES string of the molecule is O=S(=O)(N1CCC2(CC2)C1)C(F)(F)F. The van der Waals surface area contributed by atoms with Gasteiger partial charge in [-0.1, -0.05) is 0 Å². The fourth-order valence-corrected chi connectivity index (χ4v) is 2.90. The molecule has 0 aromatic carbocycles. The van der Waals surface area contributed by atoms with Crippen molar-refractivity contribution in [3.63, 3.8) is 0 Å². The zero-order chi connectivity index (χ0) is 10.6. The molecule has 1 aliphatic carbocycles. The molecule has 2 rings (SSSR count). The average molecular weight is 229 g/mol. The van der Waals surface area contributed by atoms with Crippen LogP contribution in [0.1, 0.15) is 19.3 Å². The summed E-state index contributed by atoms with van der Waals surface area (Å²) in [6.07, 6.45) is 2.29. The maximum atomic E-state index is 12.1. The van der Waals surface area contributed by atoms with Gasteiger partial charge in [-0.2, -0.15) is 17.5 Å². The van der Waals surface area contributed by atoms with Gasteiger partial charge in [0.2, 0.25) is 0 Å². The van der Waals surface area contributed by atoms with Crippen molar-refractivity contribution >= 4 is 10.0 Å². The van der Waals surface area contributed by atoms with E-state index in [1.807, 2.05) is 0 Å². The second kappa shape index (κ2) is 2.63. The number of hydrogen-bond donors (Lipinski definition) is 0. The summed E-state index contributed by atoms with van der Waals surface area (Å²) in [5, 5.41) is 0. The molecule has 14 heavy (non-hydrogen) atoms. The van der Waals surface area contributed by atoms with Crippen LogP contribution < -0.4 is 0 Å². The van der Waals surface area contributed by atoms with E-state index in [4.69, 9.17) is 0 Å². The quantitative estimate of drug-likeness (QED) is 0.680. The van der Waals surface area contributed by atoms with Crippen molar-refractivity contribution in [2.45, 2.75) is 24.8 Å². The number of hydrogen-bond acceptors (Lipinski definition) is 2. The van der Waals surface area contributed by atoms with Crippen LogP contribution in [0.5, 0.6) is 0 Å². The van der Waals surface area contributed by atoms with Crippen molar-refractivity contribution in [3.8, 4) is 0 Å². The molecule has 7 heteroatoms. The Kier molecular flexibility index (Phi) is 1.92. The van der Waals surface area contributed by atoms with Gasteiger partial charge in [0, 0.05) is 13.1 Å². The Morgan fingerprint density at radius 1 is 1.14 bits per heavy atom. The lowest BCUT2D eigenvalue weighted by atomic mass is 10.1. The first-order valence-electron chi connectivity index (χ1n) is 4.33. The smallest absolute Gasteiger partial charge is 0.203 e. The van der Waals surface area contributed by atoms with Gasteiger partial charge in [-0.25, -0.2) is 8.42 Å². The van der Waals surface area contributed by atoms with Gasteiger partial charge in [-0.05, 0) is 24.7 Å². The maximum Gasteiger partial charge on any atom is 0.511 e. The van der Waals surface area contributed by atoms with Crippen molar-refractivity contribution in [2.75, 3.05) is 13.1 Å². The van der Waals surface area contributed by atoms with Crippen LogP contribution >= 0.6 is 0 Å². The highest BCUT2D eigenvalue weighted by atomic mass is 32.2. The lowest BCUT2D eigenvalue weighted by Crippen LogP contribution is -2.39. The summed E-state index contributed by atoms with van der Waals surface area (Å²) in [7, 11) is -5.07.